The van der Waals surface area contributed by atoms with Gasteiger partial charge in [-0.05, 0) is 23.8 Å². The molecule has 3 rings (SSSR count). The molecule has 1 fully saturated rings. The smallest absolute Gasteiger partial charge is 0.201 e. The summed E-state index contributed by atoms with van der Waals surface area (Å²) in [6, 6.07) is 2.94. The molecule has 3 nitrogen and oxygen atoms in total. The maximum atomic E-state index is 13.4. The van der Waals surface area contributed by atoms with Gasteiger partial charge in [-0.1, -0.05) is 25.4 Å². The van der Waals surface area contributed by atoms with Gasteiger partial charge in [0.1, 0.15) is 5.82 Å². The first-order valence-corrected chi connectivity index (χ1v) is 6.37. The number of anilines is 1. The fourth-order valence-electron chi connectivity index (χ4n) is 2.44. The van der Waals surface area contributed by atoms with Gasteiger partial charge in [0, 0.05) is 12.6 Å². The van der Waals surface area contributed by atoms with Crippen molar-refractivity contribution in [2.24, 2.45) is 11.3 Å². The van der Waals surface area contributed by atoms with E-state index in [1.807, 2.05) is 4.57 Å². The first-order valence-electron chi connectivity index (χ1n) is 5.99. The maximum Gasteiger partial charge on any atom is 0.201 e. The van der Waals surface area contributed by atoms with E-state index in [9.17, 15) is 4.39 Å². The Labute approximate surface area is 110 Å². The predicted octanol–water partition coefficient (Wildman–Crippen LogP) is 3.46. The fourth-order valence-corrected chi connectivity index (χ4v) is 2.60. The van der Waals surface area contributed by atoms with Crippen LogP contribution in [0.15, 0.2) is 12.1 Å². The zero-order chi connectivity index (χ0) is 13.1. The Bertz CT molecular complexity index is 633. The number of rotatable bonds is 2. The van der Waals surface area contributed by atoms with E-state index in [1.165, 1.54) is 12.5 Å². The lowest BCUT2D eigenvalue weighted by molar-refractivity contribution is 0.507. The molecule has 1 aliphatic carbocycles. The van der Waals surface area contributed by atoms with E-state index < -0.39 is 5.82 Å². The molecule has 5 heteroatoms. The fraction of sp³-hybridized carbons (Fsp3) is 0.462. The van der Waals surface area contributed by atoms with Crippen LogP contribution in [0.2, 0.25) is 5.02 Å². The maximum absolute atomic E-state index is 13.4. The van der Waals surface area contributed by atoms with Gasteiger partial charge in [0.25, 0.3) is 0 Å². The molecule has 0 spiro atoms. The van der Waals surface area contributed by atoms with Crippen LogP contribution < -0.4 is 5.73 Å². The van der Waals surface area contributed by atoms with E-state index in [4.69, 9.17) is 17.3 Å². The number of halogens is 2. The van der Waals surface area contributed by atoms with Crippen molar-refractivity contribution in [3.8, 4) is 0 Å². The van der Waals surface area contributed by atoms with Crippen LogP contribution in [0.25, 0.3) is 11.0 Å². The van der Waals surface area contributed by atoms with E-state index in [1.54, 1.807) is 6.07 Å². The zero-order valence-corrected chi connectivity index (χ0v) is 11.1. The van der Waals surface area contributed by atoms with Crippen LogP contribution in [0.5, 0.6) is 0 Å². The third-order valence-corrected chi connectivity index (χ3v) is 4.23. The van der Waals surface area contributed by atoms with Crippen molar-refractivity contribution in [3.05, 3.63) is 23.0 Å². The Balaban J connectivity index is 2.05. The van der Waals surface area contributed by atoms with Crippen molar-refractivity contribution in [2.75, 3.05) is 5.73 Å². The number of hydrogen-bond acceptors (Lipinski definition) is 2. The molecule has 1 heterocycles. The van der Waals surface area contributed by atoms with Crippen molar-refractivity contribution in [2.45, 2.75) is 26.8 Å². The average Bonchev–Trinajstić information content (AvgIpc) is 2.76. The number of hydrogen-bond donors (Lipinski definition) is 1. The third-order valence-electron chi connectivity index (χ3n) is 3.94. The summed E-state index contributed by atoms with van der Waals surface area (Å²) in [6.45, 7) is 5.29. The van der Waals surface area contributed by atoms with Crippen molar-refractivity contribution in [1.29, 1.82) is 0 Å². The quantitative estimate of drug-likeness (QED) is 0.906. The average molecular weight is 268 g/mol. The number of benzene rings is 1. The van der Waals surface area contributed by atoms with Gasteiger partial charge in [-0.2, -0.15) is 0 Å². The molecule has 0 saturated heterocycles. The predicted molar refractivity (Wildman–Crippen MR) is 71.0 cm³/mol. The first-order chi connectivity index (χ1) is 8.38. The second-order valence-electron chi connectivity index (χ2n) is 5.73. The topological polar surface area (TPSA) is 43.8 Å². The molecule has 1 aliphatic rings. The molecule has 1 saturated carbocycles. The Morgan fingerprint density at radius 1 is 1.56 bits per heavy atom. The Hall–Kier alpha value is -1.29. The lowest BCUT2D eigenvalue weighted by Crippen LogP contribution is -2.07. The number of nitrogens with two attached hydrogens (primary N) is 1. The summed E-state index contributed by atoms with van der Waals surface area (Å²) >= 11 is 5.82. The molecule has 1 aromatic carbocycles. The number of imidazole rings is 1. The van der Waals surface area contributed by atoms with Crippen molar-refractivity contribution < 1.29 is 4.39 Å². The molecular weight excluding hydrogens is 253 g/mol. The molecule has 1 aromatic heterocycles. The molecule has 96 valence electrons. The van der Waals surface area contributed by atoms with E-state index in [0.717, 1.165) is 12.1 Å². The van der Waals surface area contributed by atoms with Gasteiger partial charge in [0.15, 0.2) is 0 Å². The highest BCUT2D eigenvalue weighted by Crippen LogP contribution is 2.52. The van der Waals surface area contributed by atoms with Crippen LogP contribution in [-0.2, 0) is 6.54 Å². The number of nitrogen functional groups attached to an aromatic ring is 1. The molecule has 1 atom stereocenters. The SMILES string of the molecule is CC1(C)CC1Cn1c(N)nc2cc(F)c(Cl)cc21. The molecule has 0 amide bonds. The van der Waals surface area contributed by atoms with Crippen molar-refractivity contribution in [3.63, 3.8) is 0 Å². The number of aromatic nitrogens is 2. The lowest BCUT2D eigenvalue weighted by atomic mass is 10.1. The van der Waals surface area contributed by atoms with Gasteiger partial charge < -0.3 is 10.3 Å². The molecule has 1 unspecified atom stereocenters. The zero-order valence-electron chi connectivity index (χ0n) is 10.4. The summed E-state index contributed by atoms with van der Waals surface area (Å²) in [5.74, 6) is 0.566. The third kappa shape index (κ3) is 1.75. The molecule has 2 aromatic rings. The van der Waals surface area contributed by atoms with E-state index in [0.29, 0.717) is 22.8 Å². The highest BCUT2D eigenvalue weighted by molar-refractivity contribution is 6.31. The summed E-state index contributed by atoms with van der Waals surface area (Å²) in [5.41, 5.74) is 7.64. The van der Waals surface area contributed by atoms with Gasteiger partial charge in [-0.25, -0.2) is 9.37 Å². The van der Waals surface area contributed by atoms with E-state index >= 15 is 0 Å². The van der Waals surface area contributed by atoms with Crippen molar-refractivity contribution >= 4 is 28.6 Å². The summed E-state index contributed by atoms with van der Waals surface area (Å²) in [6.07, 6.45) is 1.18. The number of nitrogens with zero attached hydrogens (tertiary/aromatic N) is 2. The summed E-state index contributed by atoms with van der Waals surface area (Å²) in [4.78, 5) is 4.19. The Morgan fingerprint density at radius 2 is 2.22 bits per heavy atom. The minimum atomic E-state index is -0.458. The van der Waals surface area contributed by atoms with Gasteiger partial charge in [0.2, 0.25) is 5.95 Å². The Kier molecular flexibility index (Phi) is 2.36. The number of fused-ring (bicyclic) bond motifs is 1. The monoisotopic (exact) mass is 267 g/mol. The van der Waals surface area contributed by atoms with Gasteiger partial charge in [-0.15, -0.1) is 0 Å². The van der Waals surface area contributed by atoms with Crippen LogP contribution in [0, 0.1) is 17.2 Å². The molecule has 0 bridgehead atoms. The van der Waals surface area contributed by atoms with E-state index in [-0.39, 0.29) is 5.02 Å². The first kappa shape index (κ1) is 11.8. The summed E-state index contributed by atoms with van der Waals surface area (Å²) < 4.78 is 15.3. The van der Waals surface area contributed by atoms with Crippen molar-refractivity contribution in [1.82, 2.24) is 9.55 Å². The largest absolute Gasteiger partial charge is 0.369 e. The molecule has 0 aliphatic heterocycles. The lowest BCUT2D eigenvalue weighted by Gasteiger charge is -2.08. The highest BCUT2D eigenvalue weighted by atomic mass is 35.5. The van der Waals surface area contributed by atoms with Crippen LogP contribution in [0.4, 0.5) is 10.3 Å². The standard InChI is InChI=1S/C13H15ClFN3/c1-13(2)5-7(13)6-18-11-3-8(14)9(15)4-10(11)17-12(18)16/h3-4,7H,5-6H2,1-2H3,(H2,16,17). The van der Waals surface area contributed by atoms with Crippen LogP contribution in [0.1, 0.15) is 20.3 Å². The Morgan fingerprint density at radius 3 is 2.83 bits per heavy atom. The van der Waals surface area contributed by atoms with Crippen LogP contribution in [0.3, 0.4) is 0 Å². The molecular formula is C13H15ClFN3. The molecule has 18 heavy (non-hydrogen) atoms. The summed E-state index contributed by atoms with van der Waals surface area (Å²) in [7, 11) is 0. The highest BCUT2D eigenvalue weighted by Gasteiger charge is 2.45. The van der Waals surface area contributed by atoms with Crippen LogP contribution >= 0.6 is 11.6 Å². The minimum Gasteiger partial charge on any atom is -0.369 e. The van der Waals surface area contributed by atoms with E-state index in [2.05, 4.69) is 18.8 Å². The second-order valence-corrected chi connectivity index (χ2v) is 6.13. The molecule has 0 radical (unpaired) electrons. The van der Waals surface area contributed by atoms with Crippen LogP contribution in [-0.4, -0.2) is 9.55 Å². The normalized spacial score (nSPS) is 21.4. The minimum absolute atomic E-state index is 0.110. The van der Waals surface area contributed by atoms with Gasteiger partial charge >= 0.3 is 0 Å². The second kappa shape index (κ2) is 3.60. The summed E-state index contributed by atoms with van der Waals surface area (Å²) in [5, 5.41) is 0.110. The van der Waals surface area contributed by atoms with Gasteiger partial charge in [0.05, 0.1) is 16.1 Å². The molecule has 2 N–H and O–H groups in total. The van der Waals surface area contributed by atoms with Gasteiger partial charge in [-0.3, -0.25) is 0 Å².